The van der Waals surface area contributed by atoms with Gasteiger partial charge in [0.05, 0.1) is 10.6 Å². The molecule has 0 aliphatic carbocycles. The Bertz CT molecular complexity index is 1330. The van der Waals surface area contributed by atoms with E-state index in [9.17, 15) is 13.2 Å². The van der Waals surface area contributed by atoms with Crippen molar-refractivity contribution in [1.82, 2.24) is 5.32 Å². The van der Waals surface area contributed by atoms with Crippen molar-refractivity contribution in [1.29, 1.82) is 0 Å². The molecule has 0 unspecified atom stereocenters. The van der Waals surface area contributed by atoms with Gasteiger partial charge in [0.15, 0.2) is 12.2 Å². The predicted molar refractivity (Wildman–Crippen MR) is 122 cm³/mol. The molecule has 3 aromatic carbocycles. The van der Waals surface area contributed by atoms with Crippen LogP contribution in [0.4, 0.5) is 10.5 Å². The van der Waals surface area contributed by atoms with Crippen molar-refractivity contribution in [2.75, 3.05) is 4.72 Å². The van der Waals surface area contributed by atoms with Gasteiger partial charge in [-0.1, -0.05) is 48.5 Å². The Balaban J connectivity index is 1.47. The zero-order chi connectivity index (χ0) is 22.6. The number of rotatable bonds is 7. The summed E-state index contributed by atoms with van der Waals surface area (Å²) in [6, 6.07) is 22.9. The maximum atomic E-state index is 12.7. The van der Waals surface area contributed by atoms with Crippen LogP contribution in [0, 0.1) is 6.92 Å². The lowest BCUT2D eigenvalue weighted by molar-refractivity contribution is 0.131. The number of nitrogens with one attached hydrogen (secondary N) is 2. The molecule has 1 amide bonds. The number of alkyl carbamates (subject to hydrolysis) is 1. The number of furan rings is 1. The Hall–Kier alpha value is -3.78. The molecule has 1 aromatic heterocycles. The van der Waals surface area contributed by atoms with Crippen molar-refractivity contribution in [3.05, 3.63) is 95.7 Å². The highest BCUT2D eigenvalue weighted by Crippen LogP contribution is 2.30. The molecule has 164 valence electrons. The molecule has 0 fully saturated rings. The number of hydrogen-bond acceptors (Lipinski definition) is 5. The van der Waals surface area contributed by atoms with Gasteiger partial charge >= 0.3 is 6.09 Å². The van der Waals surface area contributed by atoms with Gasteiger partial charge in [-0.2, -0.15) is 0 Å². The molecule has 32 heavy (non-hydrogen) atoms. The van der Waals surface area contributed by atoms with Crippen LogP contribution in [0.3, 0.4) is 0 Å². The summed E-state index contributed by atoms with van der Waals surface area (Å²) >= 11 is 0. The maximum absolute atomic E-state index is 12.7. The molecule has 4 rings (SSSR count). The fraction of sp³-hybridized carbons (Fsp3) is 0.125. The summed E-state index contributed by atoms with van der Waals surface area (Å²) in [6.45, 7) is 2.13. The summed E-state index contributed by atoms with van der Waals surface area (Å²) in [7, 11) is -3.78. The quantitative estimate of drug-likeness (QED) is 0.414. The van der Waals surface area contributed by atoms with E-state index in [1.165, 1.54) is 12.1 Å². The Morgan fingerprint density at radius 1 is 0.969 bits per heavy atom. The highest BCUT2D eigenvalue weighted by molar-refractivity contribution is 7.92. The van der Waals surface area contributed by atoms with Crippen molar-refractivity contribution in [2.45, 2.75) is 25.0 Å². The molecular formula is C24H22N2O5S. The number of benzene rings is 3. The summed E-state index contributed by atoms with van der Waals surface area (Å²) in [5.41, 5.74) is 2.51. The topological polar surface area (TPSA) is 97.6 Å². The molecule has 0 spiro atoms. The molecule has 1 heterocycles. The second-order valence-electron chi connectivity index (χ2n) is 7.28. The van der Waals surface area contributed by atoms with E-state index >= 15 is 0 Å². The predicted octanol–water partition coefficient (Wildman–Crippen LogP) is 4.97. The number of fused-ring (bicyclic) bond motifs is 1. The summed E-state index contributed by atoms with van der Waals surface area (Å²) in [5.74, 6) is 0.403. The normalized spacial score (nSPS) is 11.3. The van der Waals surface area contributed by atoms with Gasteiger partial charge in [-0.05, 0) is 48.4 Å². The number of sulfonamides is 1. The lowest BCUT2D eigenvalue weighted by atomic mass is 10.1. The van der Waals surface area contributed by atoms with Gasteiger partial charge in [-0.25, -0.2) is 13.2 Å². The van der Waals surface area contributed by atoms with Crippen molar-refractivity contribution >= 4 is 32.8 Å². The fourth-order valence-corrected chi connectivity index (χ4v) is 4.34. The van der Waals surface area contributed by atoms with Gasteiger partial charge in [0.25, 0.3) is 10.0 Å². The van der Waals surface area contributed by atoms with E-state index in [1.54, 1.807) is 30.3 Å². The summed E-state index contributed by atoms with van der Waals surface area (Å²) in [5, 5.41) is 3.39. The fourth-order valence-electron chi connectivity index (χ4n) is 3.26. The molecule has 8 heteroatoms. The Morgan fingerprint density at radius 3 is 2.38 bits per heavy atom. The third-order valence-electron chi connectivity index (χ3n) is 4.73. The van der Waals surface area contributed by atoms with E-state index < -0.39 is 16.1 Å². The smallest absolute Gasteiger partial charge is 0.407 e. The molecule has 0 bridgehead atoms. The number of hydrogen-bond donors (Lipinski definition) is 2. The average Bonchev–Trinajstić information content (AvgIpc) is 3.20. The zero-order valence-electron chi connectivity index (χ0n) is 17.4. The van der Waals surface area contributed by atoms with Gasteiger partial charge < -0.3 is 14.5 Å². The SMILES string of the molecule is Cc1cc(NS(=O)(=O)c2ccccc2)c2oc(COC(=O)NCc3ccccc3)cc2c1. The van der Waals surface area contributed by atoms with Crippen LogP contribution in [0.25, 0.3) is 11.0 Å². The number of ether oxygens (including phenoxy) is 1. The van der Waals surface area contributed by atoms with Gasteiger partial charge in [0, 0.05) is 11.9 Å². The number of amides is 1. The first-order chi connectivity index (χ1) is 15.4. The molecule has 0 saturated carbocycles. The molecule has 2 N–H and O–H groups in total. The van der Waals surface area contributed by atoms with Gasteiger partial charge in [0.1, 0.15) is 5.76 Å². The second-order valence-corrected chi connectivity index (χ2v) is 8.96. The Labute approximate surface area is 186 Å². The first-order valence-corrected chi connectivity index (χ1v) is 11.4. The average molecular weight is 451 g/mol. The third kappa shape index (κ3) is 5.09. The number of carbonyl (C=O) groups is 1. The second kappa shape index (κ2) is 9.15. The number of anilines is 1. The van der Waals surface area contributed by atoms with E-state index in [1.807, 2.05) is 43.3 Å². The highest BCUT2D eigenvalue weighted by Gasteiger charge is 2.18. The minimum Gasteiger partial charge on any atom is -0.455 e. The molecule has 0 atom stereocenters. The van der Waals surface area contributed by atoms with Crippen molar-refractivity contribution in [3.8, 4) is 0 Å². The van der Waals surface area contributed by atoms with Crippen LogP contribution in [0.1, 0.15) is 16.9 Å². The summed E-state index contributed by atoms with van der Waals surface area (Å²) in [6.07, 6.45) is -0.574. The molecular weight excluding hydrogens is 428 g/mol. The van der Waals surface area contributed by atoms with Crippen molar-refractivity contribution < 1.29 is 22.4 Å². The Kier molecular flexibility index (Phi) is 6.13. The van der Waals surface area contributed by atoms with E-state index in [-0.39, 0.29) is 11.5 Å². The molecule has 7 nitrogen and oxygen atoms in total. The van der Waals surface area contributed by atoms with Crippen LogP contribution in [-0.4, -0.2) is 14.5 Å². The zero-order valence-corrected chi connectivity index (χ0v) is 18.2. The first-order valence-electron chi connectivity index (χ1n) is 9.96. The molecule has 0 aliphatic heterocycles. The largest absolute Gasteiger partial charge is 0.455 e. The third-order valence-corrected chi connectivity index (χ3v) is 6.12. The Morgan fingerprint density at radius 2 is 1.66 bits per heavy atom. The first kappa shape index (κ1) is 21.5. The van der Waals surface area contributed by atoms with E-state index in [0.29, 0.717) is 29.0 Å². The highest BCUT2D eigenvalue weighted by atomic mass is 32.2. The van der Waals surface area contributed by atoms with Crippen molar-refractivity contribution in [2.24, 2.45) is 0 Å². The van der Waals surface area contributed by atoms with Crippen LogP contribution in [0.5, 0.6) is 0 Å². The van der Waals surface area contributed by atoms with Crippen LogP contribution >= 0.6 is 0 Å². The number of aryl methyl sites for hydroxylation is 1. The number of carbonyl (C=O) groups excluding carboxylic acids is 1. The van der Waals surface area contributed by atoms with E-state index in [4.69, 9.17) is 9.15 Å². The van der Waals surface area contributed by atoms with Crippen LogP contribution in [0.15, 0.2) is 88.2 Å². The van der Waals surface area contributed by atoms with Crippen LogP contribution in [-0.2, 0) is 27.9 Å². The lowest BCUT2D eigenvalue weighted by Crippen LogP contribution is -2.23. The minimum absolute atomic E-state index is 0.0841. The minimum atomic E-state index is -3.78. The van der Waals surface area contributed by atoms with Gasteiger partial charge in [-0.15, -0.1) is 0 Å². The molecule has 4 aromatic rings. The maximum Gasteiger partial charge on any atom is 0.407 e. The van der Waals surface area contributed by atoms with Gasteiger partial charge in [-0.3, -0.25) is 4.72 Å². The van der Waals surface area contributed by atoms with Crippen LogP contribution < -0.4 is 10.0 Å². The standard InChI is InChI=1S/C24H22N2O5S/c1-17-12-19-14-20(16-30-24(27)25-15-18-8-4-2-5-9-18)31-23(19)22(13-17)26-32(28,29)21-10-6-3-7-11-21/h2-14,26H,15-16H2,1H3,(H,25,27). The van der Waals surface area contributed by atoms with E-state index in [0.717, 1.165) is 11.1 Å². The molecule has 0 saturated heterocycles. The molecule has 0 aliphatic rings. The monoisotopic (exact) mass is 450 g/mol. The molecule has 0 radical (unpaired) electrons. The van der Waals surface area contributed by atoms with Crippen molar-refractivity contribution in [3.63, 3.8) is 0 Å². The summed E-state index contributed by atoms with van der Waals surface area (Å²) in [4.78, 5) is 12.2. The van der Waals surface area contributed by atoms with Gasteiger partial charge in [0.2, 0.25) is 0 Å². The van der Waals surface area contributed by atoms with E-state index in [2.05, 4.69) is 10.0 Å². The lowest BCUT2D eigenvalue weighted by Gasteiger charge is -2.09. The van der Waals surface area contributed by atoms with Crippen LogP contribution in [0.2, 0.25) is 0 Å². The summed E-state index contributed by atoms with van der Waals surface area (Å²) < 4.78 is 39.1.